The van der Waals surface area contributed by atoms with Gasteiger partial charge in [-0.15, -0.1) is 0 Å². The Morgan fingerprint density at radius 1 is 1.14 bits per heavy atom. The molecule has 1 N–H and O–H groups in total. The van der Waals surface area contributed by atoms with Gasteiger partial charge in [-0.25, -0.2) is 4.68 Å². The third kappa shape index (κ3) is 3.85. The number of amides is 1. The van der Waals surface area contributed by atoms with Crippen LogP contribution >= 0.6 is 0 Å². The van der Waals surface area contributed by atoms with Gasteiger partial charge in [0.25, 0.3) is 17.0 Å². The quantitative estimate of drug-likeness (QED) is 0.800. The van der Waals surface area contributed by atoms with Crippen LogP contribution in [0.3, 0.4) is 0 Å². The maximum Gasteiger partial charge on any atom is 0.328 e. The molecular weight excluding hydrogens is 362 g/mol. The number of rotatable bonds is 4. The van der Waals surface area contributed by atoms with Crippen LogP contribution in [0.2, 0.25) is 0 Å². The molecule has 1 amide bonds. The summed E-state index contributed by atoms with van der Waals surface area (Å²) in [6.07, 6.45) is 1.95. The number of benzene rings is 1. The monoisotopic (exact) mass is 387 g/mol. The highest BCUT2D eigenvalue weighted by molar-refractivity contribution is 5.84. The van der Waals surface area contributed by atoms with Crippen molar-refractivity contribution in [2.75, 3.05) is 0 Å². The molecule has 0 bridgehead atoms. The minimum absolute atomic E-state index is 0.0943. The molecule has 1 aliphatic rings. The van der Waals surface area contributed by atoms with Crippen molar-refractivity contribution in [3.63, 3.8) is 0 Å². The van der Waals surface area contributed by atoms with Gasteiger partial charge in [0.05, 0.1) is 10.8 Å². The van der Waals surface area contributed by atoms with Crippen molar-refractivity contribution in [3.8, 4) is 0 Å². The number of aromatic nitrogens is 2. The Labute approximate surface area is 162 Å². The van der Waals surface area contributed by atoms with E-state index in [1.807, 2.05) is 13.8 Å². The van der Waals surface area contributed by atoms with Crippen LogP contribution in [0, 0.1) is 0 Å². The van der Waals surface area contributed by atoms with Crippen LogP contribution in [0.4, 0.5) is 0 Å². The first kappa shape index (κ1) is 19.9. The summed E-state index contributed by atoms with van der Waals surface area (Å²) < 4.78 is 6.17. The molecule has 28 heavy (non-hydrogen) atoms. The van der Waals surface area contributed by atoms with Crippen molar-refractivity contribution in [2.45, 2.75) is 64.8 Å². The zero-order chi connectivity index (χ0) is 20.4. The van der Waals surface area contributed by atoms with E-state index < -0.39 is 29.7 Å². The van der Waals surface area contributed by atoms with Crippen LogP contribution in [-0.2, 0) is 20.9 Å². The van der Waals surface area contributed by atoms with Crippen molar-refractivity contribution in [1.82, 2.24) is 14.7 Å². The Kier molecular flexibility index (Phi) is 5.67. The van der Waals surface area contributed by atoms with E-state index in [4.69, 9.17) is 4.74 Å². The average molecular weight is 387 g/mol. The third-order valence-electron chi connectivity index (χ3n) is 5.27. The van der Waals surface area contributed by atoms with Gasteiger partial charge in [0.1, 0.15) is 6.54 Å². The predicted molar refractivity (Wildman–Crippen MR) is 104 cm³/mol. The number of aromatic amines is 1. The lowest BCUT2D eigenvalue weighted by molar-refractivity contribution is -0.162. The number of fused-ring (bicyclic) bond motifs is 1. The predicted octanol–water partition coefficient (Wildman–Crippen LogP) is 1.41. The molecule has 1 fully saturated rings. The van der Waals surface area contributed by atoms with Crippen molar-refractivity contribution in [3.05, 3.63) is 45.0 Å². The lowest BCUT2D eigenvalue weighted by Gasteiger charge is -2.40. The van der Waals surface area contributed by atoms with E-state index in [0.29, 0.717) is 0 Å². The minimum Gasteiger partial charge on any atom is -0.451 e. The van der Waals surface area contributed by atoms with Gasteiger partial charge in [0.15, 0.2) is 6.10 Å². The molecule has 0 unspecified atom stereocenters. The summed E-state index contributed by atoms with van der Waals surface area (Å²) in [5.41, 5.74) is -0.965. The molecule has 1 aromatic carbocycles. The molecule has 8 nitrogen and oxygen atoms in total. The van der Waals surface area contributed by atoms with E-state index in [2.05, 4.69) is 5.10 Å². The number of carbonyl (C=O) groups excluding carboxylic acids is 2. The molecule has 3 rings (SSSR count). The summed E-state index contributed by atoms with van der Waals surface area (Å²) in [5, 5.41) is 2.86. The fourth-order valence-corrected chi connectivity index (χ4v) is 3.84. The molecule has 2 heterocycles. The Balaban J connectivity index is 1.73. The standard InChI is InChI=1S/C20H25N3O5/c1-12-7-6-8-13(2)23(12)19(26)14(3)28-17(24)11-22-20(27)16-10-5-4-9-15(16)18(25)21-22/h4-5,9-10,12-14H,6-8,11H2,1-3H3,(H,21,25)/t12-,13-,14+/m0/s1. The van der Waals surface area contributed by atoms with Crippen LogP contribution in [0.15, 0.2) is 33.9 Å². The summed E-state index contributed by atoms with van der Waals surface area (Å²) in [7, 11) is 0. The second kappa shape index (κ2) is 8.00. The Morgan fingerprint density at radius 2 is 1.75 bits per heavy atom. The normalized spacial score (nSPS) is 20.8. The molecule has 150 valence electrons. The highest BCUT2D eigenvalue weighted by Gasteiger charge is 2.33. The number of ether oxygens (including phenoxy) is 1. The zero-order valence-electron chi connectivity index (χ0n) is 16.3. The number of esters is 1. The number of hydrogen-bond acceptors (Lipinski definition) is 5. The second-order valence-corrected chi connectivity index (χ2v) is 7.38. The van der Waals surface area contributed by atoms with Gasteiger partial charge in [-0.2, -0.15) is 0 Å². The molecule has 1 aliphatic heterocycles. The van der Waals surface area contributed by atoms with Gasteiger partial charge in [0.2, 0.25) is 0 Å². The fraction of sp³-hybridized carbons (Fsp3) is 0.500. The molecule has 8 heteroatoms. The number of carbonyl (C=O) groups is 2. The van der Waals surface area contributed by atoms with Gasteiger partial charge >= 0.3 is 5.97 Å². The SMILES string of the molecule is C[C@@H](OC(=O)Cn1[nH]c(=O)c2ccccc2c1=O)C(=O)N1[C@@H](C)CCC[C@@H]1C. The Bertz CT molecular complexity index is 999. The summed E-state index contributed by atoms with van der Waals surface area (Å²) >= 11 is 0. The number of likely N-dealkylation sites (tertiary alicyclic amines) is 1. The lowest BCUT2D eigenvalue weighted by Crippen LogP contribution is -2.51. The van der Waals surface area contributed by atoms with Crippen LogP contribution in [0.5, 0.6) is 0 Å². The van der Waals surface area contributed by atoms with Crippen LogP contribution in [0.1, 0.15) is 40.0 Å². The van der Waals surface area contributed by atoms with Crippen molar-refractivity contribution in [1.29, 1.82) is 0 Å². The van der Waals surface area contributed by atoms with E-state index in [1.165, 1.54) is 13.0 Å². The first-order valence-electron chi connectivity index (χ1n) is 9.53. The molecule has 1 saturated heterocycles. The first-order chi connectivity index (χ1) is 13.3. The number of hydrogen-bond donors (Lipinski definition) is 1. The fourth-order valence-electron chi connectivity index (χ4n) is 3.84. The maximum atomic E-state index is 12.7. The van der Waals surface area contributed by atoms with Crippen molar-refractivity contribution >= 4 is 22.6 Å². The molecular formula is C20H25N3O5. The van der Waals surface area contributed by atoms with E-state index in [-0.39, 0.29) is 28.8 Å². The molecule has 0 saturated carbocycles. The van der Waals surface area contributed by atoms with Gasteiger partial charge in [-0.3, -0.25) is 24.3 Å². The zero-order valence-corrected chi connectivity index (χ0v) is 16.3. The lowest BCUT2D eigenvalue weighted by atomic mass is 9.97. The first-order valence-corrected chi connectivity index (χ1v) is 9.53. The van der Waals surface area contributed by atoms with Gasteiger partial charge in [-0.05, 0) is 52.2 Å². The number of nitrogens with one attached hydrogen (secondary N) is 1. The summed E-state index contributed by atoms with van der Waals surface area (Å²) in [5.74, 6) is -1.00. The van der Waals surface area contributed by atoms with Gasteiger partial charge < -0.3 is 9.64 Å². The van der Waals surface area contributed by atoms with Gasteiger partial charge in [0, 0.05) is 12.1 Å². The molecule has 0 aliphatic carbocycles. The van der Waals surface area contributed by atoms with E-state index in [1.54, 1.807) is 23.1 Å². The van der Waals surface area contributed by atoms with Gasteiger partial charge in [-0.1, -0.05) is 12.1 Å². The number of H-pyrrole nitrogens is 1. The van der Waals surface area contributed by atoms with Crippen molar-refractivity contribution in [2.24, 2.45) is 0 Å². The van der Waals surface area contributed by atoms with E-state index in [0.717, 1.165) is 23.9 Å². The highest BCUT2D eigenvalue weighted by Crippen LogP contribution is 2.23. The summed E-state index contributed by atoms with van der Waals surface area (Å²) in [4.78, 5) is 51.4. The molecule has 1 aromatic heterocycles. The summed E-state index contributed by atoms with van der Waals surface area (Å²) in [6, 6.07) is 6.56. The number of piperidine rings is 1. The van der Waals surface area contributed by atoms with E-state index in [9.17, 15) is 19.2 Å². The number of nitrogens with zero attached hydrogens (tertiary/aromatic N) is 2. The topological polar surface area (TPSA) is 101 Å². The highest BCUT2D eigenvalue weighted by atomic mass is 16.5. The Morgan fingerprint density at radius 3 is 2.39 bits per heavy atom. The van der Waals surface area contributed by atoms with Crippen molar-refractivity contribution < 1.29 is 14.3 Å². The summed E-state index contributed by atoms with van der Waals surface area (Å²) in [6.45, 7) is 5.03. The van der Waals surface area contributed by atoms with Crippen LogP contribution in [0.25, 0.3) is 10.8 Å². The smallest absolute Gasteiger partial charge is 0.328 e. The average Bonchev–Trinajstić information content (AvgIpc) is 2.65. The third-order valence-corrected chi connectivity index (χ3v) is 5.27. The van der Waals surface area contributed by atoms with E-state index >= 15 is 0 Å². The molecule has 2 aromatic rings. The molecule has 0 radical (unpaired) electrons. The second-order valence-electron chi connectivity index (χ2n) is 7.38. The maximum absolute atomic E-state index is 12.7. The van der Waals surface area contributed by atoms with Crippen LogP contribution < -0.4 is 11.1 Å². The molecule has 0 spiro atoms. The largest absolute Gasteiger partial charge is 0.451 e. The van der Waals surface area contributed by atoms with Crippen LogP contribution in [-0.4, -0.2) is 44.7 Å². The minimum atomic E-state index is -0.960. The molecule has 3 atom stereocenters. The Hall–Kier alpha value is -2.90.